The molecule has 10 aromatic carbocycles. The summed E-state index contributed by atoms with van der Waals surface area (Å²) in [5, 5.41) is 7.47. The van der Waals surface area contributed by atoms with Crippen LogP contribution >= 0.6 is 0 Å². The van der Waals surface area contributed by atoms with E-state index >= 15 is 0 Å². The number of fused-ring (bicyclic) bond motifs is 10. The topological polar surface area (TPSA) is 25.8 Å². The number of aromatic nitrogens is 2. The molecule has 0 atom stereocenters. The lowest BCUT2D eigenvalue weighted by atomic mass is 9.79. The maximum absolute atomic E-state index is 5.37. The van der Waals surface area contributed by atoms with Crippen molar-refractivity contribution < 1.29 is 0 Å². The molecule has 0 unspecified atom stereocenters. The van der Waals surface area contributed by atoms with E-state index in [1.165, 1.54) is 93.7 Å². The molecule has 2 heteroatoms. The maximum atomic E-state index is 5.37. The SMILES string of the molecule is CC1(C)c2ccccc2-c2c(-c3cc(-c4ccc(-c5ccc(-c6ccc7c(c6)C(C)(C)c6c-7ccc7ccccc67)c6ccccc56)c5ccccc45)nc(-c4ccccc4)n3)cccc21. The third kappa shape index (κ3) is 5.61. The van der Waals surface area contributed by atoms with Crippen LogP contribution in [0.25, 0.3) is 111 Å². The standard InChI is InChI=1S/C64H46N2/c1-63(2)55-27-15-14-25-53(55)60-54(26-16-28-56(60)63)59-38-58(65-62(66-59)40-18-6-5-7-19-40)51-36-35-49(46-23-12-13-24-47(46)51)48-34-33-42(44-21-10-11-22-45(44)48)41-30-31-50-52-32-29-39-17-8-9-20-43(39)61(52)64(3,4)57(50)37-41/h5-38H,1-4H3. The van der Waals surface area contributed by atoms with E-state index in [1.807, 2.05) is 6.07 Å². The quantitative estimate of drug-likeness (QED) is 0.172. The summed E-state index contributed by atoms with van der Waals surface area (Å²) in [7, 11) is 0. The zero-order valence-electron chi connectivity index (χ0n) is 37.5. The molecule has 0 amide bonds. The van der Waals surface area contributed by atoms with Crippen LogP contribution in [-0.2, 0) is 10.8 Å². The largest absolute Gasteiger partial charge is 0.228 e. The smallest absolute Gasteiger partial charge is 0.160 e. The maximum Gasteiger partial charge on any atom is 0.160 e. The van der Waals surface area contributed by atoms with Gasteiger partial charge in [0, 0.05) is 27.5 Å². The van der Waals surface area contributed by atoms with E-state index in [0.29, 0.717) is 5.82 Å². The summed E-state index contributed by atoms with van der Waals surface area (Å²) in [6.45, 7) is 9.45. The van der Waals surface area contributed by atoms with Crippen LogP contribution in [0.3, 0.4) is 0 Å². The zero-order valence-corrected chi connectivity index (χ0v) is 37.5. The Bertz CT molecular complexity index is 3820. The monoisotopic (exact) mass is 842 g/mol. The van der Waals surface area contributed by atoms with Crippen molar-refractivity contribution in [3.63, 3.8) is 0 Å². The van der Waals surface area contributed by atoms with Crippen molar-refractivity contribution in [2.45, 2.75) is 38.5 Å². The molecule has 2 aliphatic carbocycles. The van der Waals surface area contributed by atoms with Crippen LogP contribution in [0, 0.1) is 0 Å². The average molecular weight is 843 g/mol. The zero-order chi connectivity index (χ0) is 44.3. The minimum absolute atomic E-state index is 0.116. The lowest BCUT2D eigenvalue weighted by molar-refractivity contribution is 0.660. The molecule has 0 N–H and O–H groups in total. The fourth-order valence-electron chi connectivity index (χ4n) is 11.7. The summed E-state index contributed by atoms with van der Waals surface area (Å²) in [5.41, 5.74) is 20.4. The molecule has 0 aliphatic heterocycles. The van der Waals surface area contributed by atoms with Crippen molar-refractivity contribution >= 4 is 32.3 Å². The highest BCUT2D eigenvalue weighted by atomic mass is 14.9. The van der Waals surface area contributed by atoms with E-state index in [4.69, 9.17) is 9.97 Å². The highest BCUT2D eigenvalue weighted by Gasteiger charge is 2.38. The molecule has 2 nitrogen and oxygen atoms in total. The van der Waals surface area contributed by atoms with Gasteiger partial charge in [0.1, 0.15) is 0 Å². The predicted molar refractivity (Wildman–Crippen MR) is 277 cm³/mol. The van der Waals surface area contributed by atoms with Crippen molar-refractivity contribution in [2.24, 2.45) is 0 Å². The van der Waals surface area contributed by atoms with Crippen molar-refractivity contribution in [1.29, 1.82) is 0 Å². The normalized spacial score (nSPS) is 14.0. The summed E-state index contributed by atoms with van der Waals surface area (Å²) < 4.78 is 0. The Morgan fingerprint density at radius 1 is 0.303 bits per heavy atom. The van der Waals surface area contributed by atoms with E-state index < -0.39 is 0 Å². The molecule has 11 aromatic rings. The first kappa shape index (κ1) is 38.5. The van der Waals surface area contributed by atoms with Gasteiger partial charge in [-0.2, -0.15) is 0 Å². The van der Waals surface area contributed by atoms with Gasteiger partial charge in [-0.1, -0.05) is 222 Å². The van der Waals surface area contributed by atoms with E-state index in [0.717, 1.165) is 33.5 Å². The average Bonchev–Trinajstić information content (AvgIpc) is 3.75. The van der Waals surface area contributed by atoms with Gasteiger partial charge >= 0.3 is 0 Å². The Kier molecular flexibility index (Phi) is 8.33. The number of nitrogens with zero attached hydrogens (tertiary/aromatic N) is 2. The molecule has 2 aliphatic rings. The van der Waals surface area contributed by atoms with Gasteiger partial charge in [-0.15, -0.1) is 0 Å². The van der Waals surface area contributed by atoms with E-state index in [1.54, 1.807) is 0 Å². The van der Waals surface area contributed by atoms with E-state index in [-0.39, 0.29) is 10.8 Å². The Morgan fingerprint density at radius 2 is 0.833 bits per heavy atom. The lowest BCUT2D eigenvalue weighted by Gasteiger charge is -2.24. The molecule has 0 saturated heterocycles. The molecular formula is C64H46N2. The van der Waals surface area contributed by atoms with Crippen LogP contribution in [-0.4, -0.2) is 9.97 Å². The minimum atomic E-state index is -0.131. The molecule has 0 spiro atoms. The minimum Gasteiger partial charge on any atom is -0.228 e. The van der Waals surface area contributed by atoms with Crippen molar-refractivity contribution in [2.75, 3.05) is 0 Å². The Hall–Kier alpha value is -7.94. The molecule has 1 heterocycles. The molecule has 0 saturated carbocycles. The van der Waals surface area contributed by atoms with Gasteiger partial charge in [-0.3, -0.25) is 0 Å². The summed E-state index contributed by atoms with van der Waals surface area (Å²) in [4.78, 5) is 10.7. The molecule has 0 fully saturated rings. The second-order valence-electron chi connectivity index (χ2n) is 19.2. The summed E-state index contributed by atoms with van der Waals surface area (Å²) in [5.74, 6) is 0.716. The highest BCUT2D eigenvalue weighted by molar-refractivity contribution is 6.12. The fraction of sp³-hybridized carbons (Fsp3) is 0.0938. The third-order valence-corrected chi connectivity index (χ3v) is 14.9. The molecule has 0 bridgehead atoms. The van der Waals surface area contributed by atoms with Crippen LogP contribution in [0.5, 0.6) is 0 Å². The Morgan fingerprint density at radius 3 is 1.58 bits per heavy atom. The molecule has 13 rings (SSSR count). The second-order valence-corrected chi connectivity index (χ2v) is 19.2. The molecule has 1 aromatic heterocycles. The second kappa shape index (κ2) is 14.3. The van der Waals surface area contributed by atoms with Crippen molar-refractivity contribution in [1.82, 2.24) is 9.97 Å². The fourth-order valence-corrected chi connectivity index (χ4v) is 11.7. The first-order valence-electron chi connectivity index (χ1n) is 23.2. The van der Waals surface area contributed by atoms with Gasteiger partial charge in [0.2, 0.25) is 0 Å². The van der Waals surface area contributed by atoms with Gasteiger partial charge in [0.05, 0.1) is 11.4 Å². The van der Waals surface area contributed by atoms with Gasteiger partial charge < -0.3 is 0 Å². The van der Waals surface area contributed by atoms with Gasteiger partial charge in [-0.25, -0.2) is 9.97 Å². The van der Waals surface area contributed by atoms with E-state index in [2.05, 4.69) is 228 Å². The first-order chi connectivity index (χ1) is 32.3. The lowest BCUT2D eigenvalue weighted by Crippen LogP contribution is -2.15. The van der Waals surface area contributed by atoms with Gasteiger partial charge in [0.15, 0.2) is 5.82 Å². The van der Waals surface area contributed by atoms with Gasteiger partial charge in [-0.05, 0) is 111 Å². The van der Waals surface area contributed by atoms with Gasteiger partial charge in [0.25, 0.3) is 0 Å². The molecule has 312 valence electrons. The Balaban J connectivity index is 0.954. The third-order valence-electron chi connectivity index (χ3n) is 14.9. The van der Waals surface area contributed by atoms with Crippen molar-refractivity contribution in [3.05, 3.63) is 229 Å². The van der Waals surface area contributed by atoms with Crippen LogP contribution in [0.15, 0.2) is 206 Å². The first-order valence-corrected chi connectivity index (χ1v) is 23.2. The number of hydrogen-bond donors (Lipinski definition) is 0. The van der Waals surface area contributed by atoms with E-state index in [9.17, 15) is 0 Å². The van der Waals surface area contributed by atoms with Crippen LogP contribution in [0.4, 0.5) is 0 Å². The highest BCUT2D eigenvalue weighted by Crippen LogP contribution is 2.54. The summed E-state index contributed by atoms with van der Waals surface area (Å²) in [6, 6.07) is 75.7. The van der Waals surface area contributed by atoms with Crippen LogP contribution < -0.4 is 0 Å². The predicted octanol–water partition coefficient (Wildman–Crippen LogP) is 16.9. The van der Waals surface area contributed by atoms with Crippen molar-refractivity contribution in [3.8, 4) is 78.4 Å². The number of hydrogen-bond acceptors (Lipinski definition) is 2. The molecular weight excluding hydrogens is 797 g/mol. The molecule has 0 radical (unpaired) electrons. The molecule has 66 heavy (non-hydrogen) atoms. The number of rotatable bonds is 5. The summed E-state index contributed by atoms with van der Waals surface area (Å²) in [6.07, 6.45) is 0. The number of benzene rings is 10. The van der Waals surface area contributed by atoms with Crippen LogP contribution in [0.2, 0.25) is 0 Å². The Labute approximate surface area is 385 Å². The van der Waals surface area contributed by atoms with Crippen LogP contribution in [0.1, 0.15) is 49.9 Å². The summed E-state index contributed by atoms with van der Waals surface area (Å²) >= 11 is 0.